The standard InChI is InChI=1S/C19H18N2O2S/c1-19(2)12-21(16-8-4-3-7-15(16)19)24(23)17-9-5-6-14-13(17)10-11-20-18(14)22/h3-11H,12H2,1-2H3,(H,20,22). The summed E-state index contributed by atoms with van der Waals surface area (Å²) in [6.07, 6.45) is 1.60. The van der Waals surface area contributed by atoms with E-state index in [1.165, 1.54) is 5.56 Å². The number of aromatic nitrogens is 1. The van der Waals surface area contributed by atoms with Gasteiger partial charge in [0, 0.05) is 28.9 Å². The molecule has 1 unspecified atom stereocenters. The fourth-order valence-electron chi connectivity index (χ4n) is 3.40. The van der Waals surface area contributed by atoms with Gasteiger partial charge in [-0.1, -0.05) is 38.1 Å². The predicted octanol–water partition coefficient (Wildman–Crippen LogP) is 3.35. The fraction of sp³-hybridized carbons (Fsp3) is 0.211. The summed E-state index contributed by atoms with van der Waals surface area (Å²) in [6.45, 7) is 5.01. The minimum absolute atomic E-state index is 0.0612. The Morgan fingerprint density at radius 2 is 1.83 bits per heavy atom. The Kier molecular flexibility index (Phi) is 3.35. The normalized spacial score (nSPS) is 17.0. The van der Waals surface area contributed by atoms with E-state index < -0.39 is 11.0 Å². The molecule has 1 aromatic heterocycles. The van der Waals surface area contributed by atoms with Crippen LogP contribution in [0.25, 0.3) is 10.8 Å². The average molecular weight is 338 g/mol. The molecule has 1 aliphatic rings. The van der Waals surface area contributed by atoms with Crippen molar-refractivity contribution < 1.29 is 4.21 Å². The van der Waals surface area contributed by atoms with Crippen molar-refractivity contribution in [2.24, 2.45) is 0 Å². The number of para-hydroxylation sites is 1. The van der Waals surface area contributed by atoms with Crippen molar-refractivity contribution in [3.63, 3.8) is 0 Å². The van der Waals surface area contributed by atoms with Crippen LogP contribution in [0.3, 0.4) is 0 Å². The van der Waals surface area contributed by atoms with Gasteiger partial charge in [-0.15, -0.1) is 0 Å². The fourth-order valence-corrected chi connectivity index (χ4v) is 4.98. The molecule has 0 saturated heterocycles. The molecule has 0 amide bonds. The highest BCUT2D eigenvalue weighted by molar-refractivity contribution is 7.86. The van der Waals surface area contributed by atoms with E-state index in [2.05, 4.69) is 24.9 Å². The molecule has 3 aromatic rings. The summed E-state index contributed by atoms with van der Waals surface area (Å²) in [7, 11) is -1.37. The highest BCUT2D eigenvalue weighted by atomic mass is 32.2. The van der Waals surface area contributed by atoms with E-state index in [1.807, 2.05) is 34.6 Å². The summed E-state index contributed by atoms with van der Waals surface area (Å²) < 4.78 is 15.3. The second-order valence-corrected chi connectivity index (χ2v) is 8.09. The van der Waals surface area contributed by atoms with Crippen LogP contribution in [0.2, 0.25) is 0 Å². The number of benzene rings is 2. The second kappa shape index (κ2) is 5.31. The van der Waals surface area contributed by atoms with Crippen LogP contribution in [0.5, 0.6) is 0 Å². The topological polar surface area (TPSA) is 53.2 Å². The minimum atomic E-state index is -1.37. The van der Waals surface area contributed by atoms with E-state index in [0.717, 1.165) is 11.1 Å². The Bertz CT molecular complexity index is 1020. The van der Waals surface area contributed by atoms with E-state index in [9.17, 15) is 9.00 Å². The molecule has 0 saturated carbocycles. The molecule has 0 fully saturated rings. The SMILES string of the molecule is CC1(C)CN(S(=O)c2cccc3c(=O)[nH]ccc23)c2ccccc21. The Balaban J connectivity index is 1.87. The van der Waals surface area contributed by atoms with E-state index in [-0.39, 0.29) is 11.0 Å². The molecule has 122 valence electrons. The van der Waals surface area contributed by atoms with Crippen LogP contribution in [0.15, 0.2) is 64.4 Å². The summed E-state index contributed by atoms with van der Waals surface area (Å²) in [6, 6.07) is 15.3. The molecule has 2 heterocycles. The van der Waals surface area contributed by atoms with Crippen LogP contribution >= 0.6 is 0 Å². The number of hydrogen-bond donors (Lipinski definition) is 1. The van der Waals surface area contributed by atoms with Gasteiger partial charge < -0.3 is 4.98 Å². The van der Waals surface area contributed by atoms with Gasteiger partial charge in [-0.05, 0) is 29.8 Å². The molecular formula is C19H18N2O2S. The summed E-state index contributed by atoms with van der Waals surface area (Å²) >= 11 is 0. The third-order valence-corrected chi connectivity index (χ3v) is 6.06. The van der Waals surface area contributed by atoms with Crippen molar-refractivity contribution >= 4 is 27.4 Å². The first-order valence-corrected chi connectivity index (χ1v) is 8.99. The highest BCUT2D eigenvalue weighted by Gasteiger charge is 2.37. The Morgan fingerprint density at radius 3 is 2.67 bits per heavy atom. The van der Waals surface area contributed by atoms with Crippen LogP contribution in [-0.4, -0.2) is 15.7 Å². The van der Waals surface area contributed by atoms with Crippen LogP contribution < -0.4 is 9.86 Å². The van der Waals surface area contributed by atoms with Crippen molar-refractivity contribution in [3.05, 3.63) is 70.6 Å². The molecular weight excluding hydrogens is 320 g/mol. The number of H-pyrrole nitrogens is 1. The predicted molar refractivity (Wildman–Crippen MR) is 97.8 cm³/mol. The maximum atomic E-state index is 13.3. The van der Waals surface area contributed by atoms with Crippen molar-refractivity contribution in [2.75, 3.05) is 10.8 Å². The summed E-state index contributed by atoms with van der Waals surface area (Å²) in [5.41, 5.74) is 1.99. The first kappa shape index (κ1) is 15.1. The number of fused-ring (bicyclic) bond motifs is 2. The van der Waals surface area contributed by atoms with Crippen molar-refractivity contribution in [2.45, 2.75) is 24.2 Å². The lowest BCUT2D eigenvalue weighted by Crippen LogP contribution is -2.30. The smallest absolute Gasteiger partial charge is 0.255 e. The highest BCUT2D eigenvalue weighted by Crippen LogP contribution is 2.42. The number of pyridine rings is 1. The maximum absolute atomic E-state index is 13.3. The van der Waals surface area contributed by atoms with Gasteiger partial charge in [0.05, 0.1) is 10.6 Å². The largest absolute Gasteiger partial charge is 0.329 e. The molecule has 5 heteroatoms. The van der Waals surface area contributed by atoms with E-state index >= 15 is 0 Å². The minimum Gasteiger partial charge on any atom is -0.329 e. The lowest BCUT2D eigenvalue weighted by molar-refractivity contribution is 0.572. The Hall–Kier alpha value is -2.40. The summed E-state index contributed by atoms with van der Waals surface area (Å²) in [5, 5.41) is 1.30. The molecule has 0 aliphatic carbocycles. The third kappa shape index (κ3) is 2.19. The summed E-state index contributed by atoms with van der Waals surface area (Å²) in [4.78, 5) is 15.4. The molecule has 0 radical (unpaired) electrons. The van der Waals surface area contributed by atoms with Crippen molar-refractivity contribution in [1.29, 1.82) is 0 Å². The lowest BCUT2D eigenvalue weighted by Gasteiger charge is -2.22. The zero-order valence-electron chi connectivity index (χ0n) is 13.6. The number of aromatic amines is 1. The van der Waals surface area contributed by atoms with Gasteiger partial charge in [-0.3, -0.25) is 9.10 Å². The van der Waals surface area contributed by atoms with Gasteiger partial charge in [0.15, 0.2) is 11.0 Å². The molecule has 4 rings (SSSR count). The van der Waals surface area contributed by atoms with Crippen LogP contribution in [0.4, 0.5) is 5.69 Å². The lowest BCUT2D eigenvalue weighted by atomic mass is 9.87. The zero-order valence-corrected chi connectivity index (χ0v) is 14.4. The molecule has 24 heavy (non-hydrogen) atoms. The van der Waals surface area contributed by atoms with Gasteiger partial charge in [-0.2, -0.15) is 0 Å². The second-order valence-electron chi connectivity index (χ2n) is 6.71. The van der Waals surface area contributed by atoms with Crippen molar-refractivity contribution in [3.8, 4) is 0 Å². The summed E-state index contributed by atoms with van der Waals surface area (Å²) in [5.74, 6) is 0. The molecule has 0 spiro atoms. The first-order chi connectivity index (χ1) is 11.5. The Morgan fingerprint density at radius 1 is 1.04 bits per heavy atom. The number of hydrogen-bond acceptors (Lipinski definition) is 2. The molecule has 1 aliphatic heterocycles. The first-order valence-electron chi connectivity index (χ1n) is 7.88. The van der Waals surface area contributed by atoms with Gasteiger partial charge in [-0.25, -0.2) is 4.21 Å². The molecule has 1 N–H and O–H groups in total. The van der Waals surface area contributed by atoms with Gasteiger partial charge >= 0.3 is 0 Å². The van der Waals surface area contributed by atoms with Gasteiger partial charge in [0.25, 0.3) is 5.56 Å². The Labute approximate surface area is 142 Å². The molecule has 0 bridgehead atoms. The maximum Gasteiger partial charge on any atom is 0.255 e. The number of anilines is 1. The molecule has 4 nitrogen and oxygen atoms in total. The molecule has 2 aromatic carbocycles. The van der Waals surface area contributed by atoms with Crippen LogP contribution in [-0.2, 0) is 16.4 Å². The van der Waals surface area contributed by atoms with E-state index in [1.54, 1.807) is 18.3 Å². The third-order valence-electron chi connectivity index (χ3n) is 4.60. The number of nitrogens with zero attached hydrogens (tertiary/aromatic N) is 1. The van der Waals surface area contributed by atoms with Crippen LogP contribution in [0.1, 0.15) is 19.4 Å². The van der Waals surface area contributed by atoms with Crippen molar-refractivity contribution in [1.82, 2.24) is 4.98 Å². The van der Waals surface area contributed by atoms with E-state index in [4.69, 9.17) is 0 Å². The van der Waals surface area contributed by atoms with Crippen LogP contribution in [0, 0.1) is 0 Å². The zero-order chi connectivity index (χ0) is 16.9. The van der Waals surface area contributed by atoms with Gasteiger partial charge in [0.2, 0.25) is 0 Å². The molecule has 1 atom stereocenters. The average Bonchev–Trinajstić information content (AvgIpc) is 2.86. The van der Waals surface area contributed by atoms with Gasteiger partial charge in [0.1, 0.15) is 0 Å². The van der Waals surface area contributed by atoms with E-state index in [0.29, 0.717) is 16.8 Å². The number of nitrogens with one attached hydrogen (secondary N) is 1. The number of rotatable bonds is 2. The quantitative estimate of drug-likeness (QED) is 0.779. The monoisotopic (exact) mass is 338 g/mol.